The molecule has 5 rings (SSSR count). The van der Waals surface area contributed by atoms with Crippen molar-refractivity contribution >= 4 is 17.3 Å². The number of benzene rings is 2. The van der Waals surface area contributed by atoms with Crippen LogP contribution in [-0.2, 0) is 5.54 Å². The number of piperazine rings is 1. The Bertz CT molecular complexity index is 1100. The lowest BCUT2D eigenvalue weighted by molar-refractivity contribution is 0.0243. The summed E-state index contributed by atoms with van der Waals surface area (Å²) in [4.78, 5) is 22.0. The van der Waals surface area contributed by atoms with Gasteiger partial charge in [-0.2, -0.15) is 0 Å². The molecule has 2 aromatic carbocycles. The highest BCUT2D eigenvalue weighted by Crippen LogP contribution is 2.45. The fraction of sp³-hybridized carbons (Fsp3) is 0.379. The minimum absolute atomic E-state index is 0.0256. The van der Waals surface area contributed by atoms with E-state index in [1.165, 1.54) is 36.9 Å². The first kappa shape index (κ1) is 22.6. The smallest absolute Gasteiger partial charge is 0.255 e. The second kappa shape index (κ2) is 9.98. The molecule has 1 aliphatic heterocycles. The summed E-state index contributed by atoms with van der Waals surface area (Å²) in [6.45, 7) is 6.57. The third kappa shape index (κ3) is 4.71. The van der Waals surface area contributed by atoms with Crippen LogP contribution in [0.2, 0.25) is 0 Å². The molecule has 2 fully saturated rings. The zero-order chi connectivity index (χ0) is 23.4. The maximum absolute atomic E-state index is 12.8. The lowest BCUT2D eigenvalue weighted by atomic mass is 9.71. The van der Waals surface area contributed by atoms with Crippen LogP contribution in [0, 0.1) is 5.92 Å². The molecule has 1 aliphatic carbocycles. The fourth-order valence-electron chi connectivity index (χ4n) is 5.88. The summed E-state index contributed by atoms with van der Waals surface area (Å²) in [5.74, 6) is 0.595. The van der Waals surface area contributed by atoms with Gasteiger partial charge >= 0.3 is 0 Å². The van der Waals surface area contributed by atoms with Crippen molar-refractivity contribution < 1.29 is 4.79 Å². The Morgan fingerprint density at radius 1 is 0.971 bits per heavy atom. The molecule has 1 N–H and O–H groups in total. The predicted molar refractivity (Wildman–Crippen MR) is 138 cm³/mol. The Kier molecular flexibility index (Phi) is 6.63. The summed E-state index contributed by atoms with van der Waals surface area (Å²) in [6, 6.07) is 22.8. The van der Waals surface area contributed by atoms with Crippen LogP contribution >= 0.6 is 0 Å². The van der Waals surface area contributed by atoms with Gasteiger partial charge in [-0.3, -0.25) is 14.7 Å². The monoisotopic (exact) mass is 454 g/mol. The molecular weight excluding hydrogens is 420 g/mol. The molecular formula is C29H34N4O. The number of rotatable bonds is 5. The van der Waals surface area contributed by atoms with E-state index in [1.54, 1.807) is 24.5 Å². The van der Waals surface area contributed by atoms with Gasteiger partial charge in [-0.15, -0.1) is 0 Å². The van der Waals surface area contributed by atoms with Crippen LogP contribution in [0.15, 0.2) is 79.1 Å². The number of carbonyl (C=O) groups excluding carboxylic acids is 1. The molecule has 0 bridgehead atoms. The Hall–Kier alpha value is -3.18. The summed E-state index contributed by atoms with van der Waals surface area (Å²) in [6.07, 6.45) is 8.18. The van der Waals surface area contributed by atoms with Crippen molar-refractivity contribution in [2.24, 2.45) is 5.92 Å². The first-order valence-corrected chi connectivity index (χ1v) is 12.5. The molecule has 0 spiro atoms. The largest absolute Gasteiger partial charge is 0.369 e. The lowest BCUT2D eigenvalue weighted by Crippen LogP contribution is -2.57. The number of hydrogen-bond donors (Lipinski definition) is 1. The van der Waals surface area contributed by atoms with E-state index < -0.39 is 0 Å². The minimum Gasteiger partial charge on any atom is -0.369 e. The van der Waals surface area contributed by atoms with E-state index in [2.05, 4.69) is 75.6 Å². The van der Waals surface area contributed by atoms with Gasteiger partial charge in [0.05, 0.1) is 0 Å². The van der Waals surface area contributed by atoms with Crippen molar-refractivity contribution in [2.45, 2.75) is 38.1 Å². The minimum atomic E-state index is -0.0953. The number of pyridine rings is 1. The summed E-state index contributed by atoms with van der Waals surface area (Å²) in [5, 5.41) is 3.10. The maximum atomic E-state index is 12.8. The van der Waals surface area contributed by atoms with E-state index in [1.807, 2.05) is 6.07 Å². The normalized spacial score (nSPS) is 23.4. The van der Waals surface area contributed by atoms with Gasteiger partial charge in [-0.25, -0.2) is 0 Å². The second-order valence-electron chi connectivity index (χ2n) is 9.81. The number of anilines is 2. The van der Waals surface area contributed by atoms with Crippen LogP contribution in [0.3, 0.4) is 0 Å². The molecule has 2 heterocycles. The highest BCUT2D eigenvalue weighted by atomic mass is 16.1. The van der Waals surface area contributed by atoms with E-state index in [4.69, 9.17) is 0 Å². The number of para-hydroxylation sites is 1. The van der Waals surface area contributed by atoms with Crippen molar-refractivity contribution in [3.8, 4) is 0 Å². The number of nitrogens with zero attached hydrogens (tertiary/aromatic N) is 3. The van der Waals surface area contributed by atoms with Crippen LogP contribution in [0.5, 0.6) is 0 Å². The number of amides is 1. The van der Waals surface area contributed by atoms with Gasteiger partial charge in [0.2, 0.25) is 0 Å². The molecule has 0 radical (unpaired) electrons. The molecule has 1 aromatic heterocycles. The summed E-state index contributed by atoms with van der Waals surface area (Å²) in [5.41, 5.74) is 4.16. The Labute approximate surface area is 202 Å². The van der Waals surface area contributed by atoms with E-state index >= 15 is 0 Å². The average Bonchev–Trinajstić information content (AvgIpc) is 2.90. The summed E-state index contributed by atoms with van der Waals surface area (Å²) >= 11 is 0. The molecule has 34 heavy (non-hydrogen) atoms. The first-order valence-electron chi connectivity index (χ1n) is 12.5. The predicted octanol–water partition coefficient (Wildman–Crippen LogP) is 5.56. The number of hydrogen-bond acceptors (Lipinski definition) is 4. The highest BCUT2D eigenvalue weighted by molar-refractivity contribution is 6.04. The van der Waals surface area contributed by atoms with Crippen LogP contribution in [-0.4, -0.2) is 42.0 Å². The molecule has 176 valence electrons. The molecule has 1 amide bonds. The Morgan fingerprint density at radius 3 is 2.47 bits per heavy atom. The number of carbonyl (C=O) groups is 1. The molecule has 2 unspecified atom stereocenters. The zero-order valence-electron chi connectivity index (χ0n) is 20.0. The number of nitrogens with one attached hydrogen (secondary N) is 1. The zero-order valence-corrected chi connectivity index (χ0v) is 20.0. The van der Waals surface area contributed by atoms with Crippen LogP contribution in [0.4, 0.5) is 11.4 Å². The van der Waals surface area contributed by atoms with Gasteiger partial charge in [-0.1, -0.05) is 50.1 Å². The van der Waals surface area contributed by atoms with Crippen LogP contribution in [0.1, 0.15) is 48.5 Å². The van der Waals surface area contributed by atoms with Crippen LogP contribution in [0.25, 0.3) is 0 Å². The molecule has 1 saturated heterocycles. The summed E-state index contributed by atoms with van der Waals surface area (Å²) in [7, 11) is 0. The third-order valence-electron chi connectivity index (χ3n) is 7.58. The molecule has 5 nitrogen and oxygen atoms in total. The fourth-order valence-corrected chi connectivity index (χ4v) is 5.88. The van der Waals surface area contributed by atoms with E-state index in [9.17, 15) is 4.79 Å². The van der Waals surface area contributed by atoms with Gasteiger partial charge in [0.25, 0.3) is 5.91 Å². The quantitative estimate of drug-likeness (QED) is 0.548. The molecule has 3 aromatic rings. The SMILES string of the molecule is CC1CCCC(c2cccc(NC(=O)c3ccncc3)c2)(N2CCN(c3ccccc3)CC2)C1. The third-order valence-corrected chi connectivity index (χ3v) is 7.58. The maximum Gasteiger partial charge on any atom is 0.255 e. The van der Waals surface area contributed by atoms with Crippen molar-refractivity contribution in [3.05, 3.63) is 90.3 Å². The summed E-state index contributed by atoms with van der Waals surface area (Å²) < 4.78 is 0. The lowest BCUT2D eigenvalue weighted by Gasteiger charge is -2.52. The standard InChI is InChI=1S/C29H34N4O/c1-23-7-6-14-29(22-23,33-19-17-32(18-20-33)27-10-3-2-4-11-27)25-8-5-9-26(21-25)31-28(34)24-12-15-30-16-13-24/h2-5,8-13,15-16,21,23H,6-7,14,17-20,22H2,1H3,(H,31,34). The van der Waals surface area contributed by atoms with Crippen LogP contribution < -0.4 is 10.2 Å². The van der Waals surface area contributed by atoms with Crippen molar-refractivity contribution in [1.82, 2.24) is 9.88 Å². The van der Waals surface area contributed by atoms with Gasteiger partial charge < -0.3 is 10.2 Å². The number of aromatic nitrogens is 1. The van der Waals surface area contributed by atoms with Gasteiger partial charge in [-0.05, 0) is 60.7 Å². The first-order chi connectivity index (χ1) is 16.6. The van der Waals surface area contributed by atoms with Crippen molar-refractivity contribution in [2.75, 3.05) is 36.4 Å². The van der Waals surface area contributed by atoms with Gasteiger partial charge in [0, 0.05) is 61.0 Å². The second-order valence-corrected chi connectivity index (χ2v) is 9.81. The Balaban J connectivity index is 1.38. The van der Waals surface area contributed by atoms with Gasteiger partial charge in [0.15, 0.2) is 0 Å². The molecule has 2 atom stereocenters. The topological polar surface area (TPSA) is 48.5 Å². The molecule has 5 heteroatoms. The van der Waals surface area contributed by atoms with E-state index in [-0.39, 0.29) is 11.4 Å². The van der Waals surface area contributed by atoms with Gasteiger partial charge in [0.1, 0.15) is 0 Å². The molecule has 1 saturated carbocycles. The highest BCUT2D eigenvalue weighted by Gasteiger charge is 2.42. The van der Waals surface area contributed by atoms with Crippen molar-refractivity contribution in [1.29, 1.82) is 0 Å². The van der Waals surface area contributed by atoms with E-state index in [0.29, 0.717) is 11.5 Å². The average molecular weight is 455 g/mol. The van der Waals surface area contributed by atoms with Crippen molar-refractivity contribution in [3.63, 3.8) is 0 Å². The molecule has 2 aliphatic rings. The van der Waals surface area contributed by atoms with E-state index in [0.717, 1.165) is 31.9 Å². The Morgan fingerprint density at radius 2 is 1.74 bits per heavy atom.